The number of aromatic nitrogens is 2. The molecule has 2 aromatic carbocycles. The zero-order chi connectivity index (χ0) is 26.0. The van der Waals surface area contributed by atoms with Crippen molar-refractivity contribution in [3.8, 4) is 28.3 Å². The average molecular weight is 499 g/mol. The normalized spacial score (nSPS) is 11.4. The summed E-state index contributed by atoms with van der Waals surface area (Å²) < 4.78 is 49.6. The molecular formula is C27H25F3N2O4. The van der Waals surface area contributed by atoms with Crippen molar-refractivity contribution in [3.05, 3.63) is 93.5 Å². The van der Waals surface area contributed by atoms with Crippen molar-refractivity contribution in [2.75, 3.05) is 13.2 Å². The van der Waals surface area contributed by atoms with Gasteiger partial charge in [0.05, 0.1) is 11.3 Å². The van der Waals surface area contributed by atoms with Crippen molar-refractivity contribution in [1.29, 1.82) is 0 Å². The van der Waals surface area contributed by atoms with Gasteiger partial charge in [-0.25, -0.2) is 18.2 Å². The number of hydrogen-bond acceptors (Lipinski definition) is 5. The summed E-state index contributed by atoms with van der Waals surface area (Å²) >= 11 is 0. The molecule has 188 valence electrons. The first kappa shape index (κ1) is 25.4. The molecule has 9 heteroatoms. The predicted molar refractivity (Wildman–Crippen MR) is 128 cm³/mol. The van der Waals surface area contributed by atoms with Crippen LogP contribution in [0.5, 0.6) is 0 Å². The number of hydrogen-bond donors (Lipinski definition) is 2. The Balaban J connectivity index is 1.95. The fourth-order valence-electron chi connectivity index (χ4n) is 4.35. The zero-order valence-corrected chi connectivity index (χ0v) is 19.8. The smallest absolute Gasteiger partial charge is 0.255 e. The van der Waals surface area contributed by atoms with Gasteiger partial charge >= 0.3 is 0 Å². The minimum atomic E-state index is -0.863. The third kappa shape index (κ3) is 4.98. The Morgan fingerprint density at radius 2 is 1.61 bits per heavy atom. The van der Waals surface area contributed by atoms with Crippen molar-refractivity contribution < 1.29 is 27.8 Å². The van der Waals surface area contributed by atoms with Crippen LogP contribution >= 0.6 is 0 Å². The summed E-state index contributed by atoms with van der Waals surface area (Å²) in [4.78, 5) is 17.3. The summed E-state index contributed by atoms with van der Waals surface area (Å²) in [7, 11) is 0. The van der Waals surface area contributed by atoms with Crippen molar-refractivity contribution in [1.82, 2.24) is 9.55 Å². The Labute approximate surface area is 205 Å². The van der Waals surface area contributed by atoms with E-state index in [1.165, 1.54) is 41.1 Å². The number of rotatable bonds is 8. The second-order valence-corrected chi connectivity index (χ2v) is 8.59. The van der Waals surface area contributed by atoms with Crippen molar-refractivity contribution in [3.63, 3.8) is 0 Å². The molecule has 4 rings (SSSR count). The van der Waals surface area contributed by atoms with E-state index < -0.39 is 23.4 Å². The van der Waals surface area contributed by atoms with E-state index in [1.54, 1.807) is 13.8 Å². The number of pyridine rings is 1. The van der Waals surface area contributed by atoms with E-state index in [-0.39, 0.29) is 54.5 Å². The summed E-state index contributed by atoms with van der Waals surface area (Å²) in [6, 6.07) is 8.52. The van der Waals surface area contributed by atoms with Crippen LogP contribution in [0.4, 0.5) is 13.2 Å². The maximum absolute atomic E-state index is 14.8. The van der Waals surface area contributed by atoms with Gasteiger partial charge in [0, 0.05) is 43.0 Å². The molecule has 2 N–H and O–H groups in total. The van der Waals surface area contributed by atoms with Gasteiger partial charge in [-0.2, -0.15) is 0 Å². The highest BCUT2D eigenvalue weighted by atomic mass is 19.1. The lowest BCUT2D eigenvalue weighted by Crippen LogP contribution is -2.18. The van der Waals surface area contributed by atoms with Gasteiger partial charge in [0.1, 0.15) is 23.1 Å². The molecular weight excluding hydrogens is 473 g/mol. The molecule has 6 nitrogen and oxygen atoms in total. The molecule has 0 saturated carbocycles. The van der Waals surface area contributed by atoms with Crippen LogP contribution in [0, 0.1) is 31.3 Å². The molecule has 36 heavy (non-hydrogen) atoms. The lowest BCUT2D eigenvalue weighted by Gasteiger charge is -2.14. The topological polar surface area (TPSA) is 88.5 Å². The van der Waals surface area contributed by atoms with Crippen LogP contribution in [0.1, 0.15) is 35.8 Å². The maximum Gasteiger partial charge on any atom is 0.255 e. The molecule has 0 aliphatic rings. The van der Waals surface area contributed by atoms with Gasteiger partial charge in [0.25, 0.3) is 5.56 Å². The monoisotopic (exact) mass is 498 g/mol. The SMILES string of the molecule is Cc1cc(F)cc(C)c1-n1cc(-c2nc(C(CCO)CCO)oc2-c2ccc(F)cc2F)ccc1=O. The number of benzene rings is 2. The summed E-state index contributed by atoms with van der Waals surface area (Å²) in [6.45, 7) is 3.01. The molecule has 0 unspecified atom stereocenters. The Morgan fingerprint density at radius 3 is 2.22 bits per heavy atom. The molecule has 0 aliphatic heterocycles. The van der Waals surface area contributed by atoms with E-state index >= 15 is 0 Å². The van der Waals surface area contributed by atoms with Crippen LogP contribution in [0.25, 0.3) is 28.3 Å². The largest absolute Gasteiger partial charge is 0.440 e. The van der Waals surface area contributed by atoms with Gasteiger partial charge in [-0.3, -0.25) is 9.36 Å². The first-order valence-corrected chi connectivity index (χ1v) is 11.4. The number of aryl methyl sites for hydroxylation is 2. The van der Waals surface area contributed by atoms with E-state index in [1.807, 2.05) is 0 Å². The minimum Gasteiger partial charge on any atom is -0.440 e. The Bertz CT molecular complexity index is 1430. The van der Waals surface area contributed by atoms with Crippen molar-refractivity contribution >= 4 is 0 Å². The number of nitrogens with zero attached hydrogens (tertiary/aromatic N) is 2. The number of aliphatic hydroxyl groups excluding tert-OH is 2. The summed E-state index contributed by atoms with van der Waals surface area (Å²) in [6.07, 6.45) is 2.01. The van der Waals surface area contributed by atoms with Crippen LogP contribution in [-0.4, -0.2) is 33.0 Å². The zero-order valence-electron chi connectivity index (χ0n) is 19.8. The van der Waals surface area contributed by atoms with Crippen LogP contribution in [0.2, 0.25) is 0 Å². The molecule has 0 spiro atoms. The minimum absolute atomic E-state index is 0.0149. The van der Waals surface area contributed by atoms with Crippen molar-refractivity contribution in [2.24, 2.45) is 0 Å². The first-order chi connectivity index (χ1) is 17.2. The number of halogens is 3. The van der Waals surface area contributed by atoms with Gasteiger partial charge in [0.15, 0.2) is 11.7 Å². The highest BCUT2D eigenvalue weighted by Crippen LogP contribution is 2.37. The molecule has 0 fully saturated rings. The highest BCUT2D eigenvalue weighted by molar-refractivity contribution is 5.77. The lowest BCUT2D eigenvalue weighted by molar-refractivity contribution is 0.229. The van der Waals surface area contributed by atoms with Gasteiger partial charge in [-0.15, -0.1) is 0 Å². The van der Waals surface area contributed by atoms with E-state index in [4.69, 9.17) is 4.42 Å². The Kier molecular flexibility index (Phi) is 7.42. The molecule has 2 heterocycles. The Morgan fingerprint density at radius 1 is 0.944 bits per heavy atom. The van der Waals surface area contributed by atoms with E-state index in [2.05, 4.69) is 4.98 Å². The van der Waals surface area contributed by atoms with E-state index in [0.29, 0.717) is 22.4 Å². The maximum atomic E-state index is 14.8. The molecule has 2 aromatic heterocycles. The third-order valence-electron chi connectivity index (χ3n) is 6.01. The second-order valence-electron chi connectivity index (χ2n) is 8.59. The fourth-order valence-corrected chi connectivity index (χ4v) is 4.35. The van der Waals surface area contributed by atoms with E-state index in [9.17, 15) is 28.2 Å². The van der Waals surface area contributed by atoms with Gasteiger partial charge in [-0.05, 0) is 68.1 Å². The van der Waals surface area contributed by atoms with Crippen LogP contribution < -0.4 is 5.56 Å². The highest BCUT2D eigenvalue weighted by Gasteiger charge is 2.25. The van der Waals surface area contributed by atoms with E-state index in [0.717, 1.165) is 12.1 Å². The number of aliphatic hydroxyl groups is 2. The fraction of sp³-hybridized carbons (Fsp3) is 0.259. The van der Waals surface area contributed by atoms with Crippen molar-refractivity contribution in [2.45, 2.75) is 32.6 Å². The molecule has 0 bridgehead atoms. The molecule has 0 saturated heterocycles. The molecule has 4 aromatic rings. The summed E-state index contributed by atoms with van der Waals surface area (Å²) in [5.41, 5.74) is 1.78. The molecule has 0 aliphatic carbocycles. The van der Waals surface area contributed by atoms with Crippen LogP contribution in [0.3, 0.4) is 0 Å². The third-order valence-corrected chi connectivity index (χ3v) is 6.01. The van der Waals surface area contributed by atoms with Crippen LogP contribution in [-0.2, 0) is 0 Å². The molecule has 0 atom stereocenters. The van der Waals surface area contributed by atoms with Gasteiger partial charge in [-0.1, -0.05) is 0 Å². The standard InChI is InChI=1S/C27H25F3N2O4/c1-15-11-20(29)12-16(2)25(15)32-14-18(3-6-23(32)35)24-26(21-5-4-19(28)13-22(21)30)36-27(31-24)17(7-9-33)8-10-34/h3-6,11-14,17,33-34H,7-10H2,1-2H3. The van der Waals surface area contributed by atoms with Gasteiger partial charge in [0.2, 0.25) is 0 Å². The average Bonchev–Trinajstić information content (AvgIpc) is 3.24. The Hall–Kier alpha value is -3.69. The molecule has 0 amide bonds. The number of oxazole rings is 1. The predicted octanol–water partition coefficient (Wildman–Crippen LogP) is 5.04. The molecule has 0 radical (unpaired) electrons. The first-order valence-electron chi connectivity index (χ1n) is 11.4. The summed E-state index contributed by atoms with van der Waals surface area (Å²) in [5, 5.41) is 18.9. The second kappa shape index (κ2) is 10.5. The van der Waals surface area contributed by atoms with Gasteiger partial charge < -0.3 is 14.6 Å². The lowest BCUT2D eigenvalue weighted by atomic mass is 10.0. The quantitative estimate of drug-likeness (QED) is 0.355. The summed E-state index contributed by atoms with van der Waals surface area (Å²) in [5.74, 6) is -2.32. The van der Waals surface area contributed by atoms with Crippen LogP contribution in [0.15, 0.2) is 57.9 Å².